The number of carbonyl (C=O) groups is 1. The maximum absolute atomic E-state index is 13.2. The van der Waals surface area contributed by atoms with E-state index in [4.69, 9.17) is 9.47 Å². The predicted octanol–water partition coefficient (Wildman–Crippen LogP) is 25.0. The highest BCUT2D eigenvalue weighted by molar-refractivity contribution is 5.76. The molecule has 0 bridgehead atoms. The predicted molar refractivity (Wildman–Crippen MR) is 419 cm³/mol. The molecule has 97 heavy (non-hydrogen) atoms. The lowest BCUT2D eigenvalue weighted by atomic mass is 9.99. The van der Waals surface area contributed by atoms with Crippen molar-refractivity contribution in [3.63, 3.8) is 0 Å². The molecule has 1 amide bonds. The summed E-state index contributed by atoms with van der Waals surface area (Å²) >= 11 is 0. The molecule has 0 saturated carbocycles. The normalized spacial score (nSPS) is 17.7. The van der Waals surface area contributed by atoms with Crippen LogP contribution in [0.2, 0.25) is 0 Å². The van der Waals surface area contributed by atoms with Crippen LogP contribution in [-0.4, -0.2) is 87.5 Å². The lowest BCUT2D eigenvalue weighted by molar-refractivity contribution is -0.302. The van der Waals surface area contributed by atoms with E-state index in [9.17, 15) is 30.3 Å². The van der Waals surface area contributed by atoms with Crippen LogP contribution >= 0.6 is 0 Å². The van der Waals surface area contributed by atoms with Crippen LogP contribution < -0.4 is 5.32 Å². The van der Waals surface area contributed by atoms with Crippen molar-refractivity contribution in [1.29, 1.82) is 0 Å². The Labute approximate surface area is 601 Å². The topological polar surface area (TPSA) is 149 Å². The van der Waals surface area contributed by atoms with Crippen molar-refractivity contribution in [1.82, 2.24) is 5.32 Å². The van der Waals surface area contributed by atoms with Crippen LogP contribution in [0.4, 0.5) is 0 Å². The van der Waals surface area contributed by atoms with E-state index < -0.39 is 49.5 Å². The van der Waals surface area contributed by atoms with Gasteiger partial charge >= 0.3 is 0 Å². The number of nitrogens with one attached hydrogen (secondary N) is 1. The molecule has 1 fully saturated rings. The van der Waals surface area contributed by atoms with Gasteiger partial charge in [-0.25, -0.2) is 0 Å². The zero-order chi connectivity index (χ0) is 69.9. The molecular weight excluding hydrogens is 1200 g/mol. The molecule has 9 heteroatoms. The quantitative estimate of drug-likeness (QED) is 0.0261. The summed E-state index contributed by atoms with van der Waals surface area (Å²) in [7, 11) is 0. The first-order valence-corrected chi connectivity index (χ1v) is 42.7. The molecule has 0 radical (unpaired) electrons. The highest BCUT2D eigenvalue weighted by Gasteiger charge is 2.44. The van der Waals surface area contributed by atoms with Crippen molar-refractivity contribution in [2.45, 2.75) is 468 Å². The van der Waals surface area contributed by atoms with Crippen molar-refractivity contribution < 1.29 is 39.8 Å². The second-order valence-corrected chi connectivity index (χ2v) is 29.6. The van der Waals surface area contributed by atoms with E-state index >= 15 is 0 Å². The molecule has 7 unspecified atom stereocenters. The molecule has 0 spiro atoms. The van der Waals surface area contributed by atoms with Crippen LogP contribution in [0.3, 0.4) is 0 Å². The van der Waals surface area contributed by atoms with Gasteiger partial charge in [-0.2, -0.15) is 0 Å². The summed E-state index contributed by atoms with van der Waals surface area (Å²) in [5.74, 6) is -0.183. The molecule has 7 atom stereocenters. The maximum atomic E-state index is 13.2. The van der Waals surface area contributed by atoms with Gasteiger partial charge in [0, 0.05) is 6.42 Å². The van der Waals surface area contributed by atoms with Gasteiger partial charge in [0.15, 0.2) is 6.29 Å². The van der Waals surface area contributed by atoms with Gasteiger partial charge in [-0.3, -0.25) is 4.79 Å². The van der Waals surface area contributed by atoms with Crippen LogP contribution in [0.5, 0.6) is 0 Å². The smallest absolute Gasteiger partial charge is 0.220 e. The third-order valence-corrected chi connectivity index (χ3v) is 20.2. The molecule has 1 heterocycles. The number of rotatable bonds is 76. The van der Waals surface area contributed by atoms with Crippen molar-refractivity contribution in [2.24, 2.45) is 0 Å². The Balaban J connectivity index is 2.06. The van der Waals surface area contributed by atoms with E-state index in [1.54, 1.807) is 6.08 Å². The van der Waals surface area contributed by atoms with Crippen LogP contribution in [0.25, 0.3) is 0 Å². The van der Waals surface area contributed by atoms with Gasteiger partial charge < -0.3 is 40.3 Å². The Morgan fingerprint density at radius 3 is 0.938 bits per heavy atom. The highest BCUT2D eigenvalue weighted by Crippen LogP contribution is 2.24. The van der Waals surface area contributed by atoms with E-state index in [1.165, 1.54) is 347 Å². The Bertz CT molecular complexity index is 1780. The van der Waals surface area contributed by atoms with Crippen LogP contribution in [0.1, 0.15) is 425 Å². The molecule has 1 rings (SSSR count). The van der Waals surface area contributed by atoms with Gasteiger partial charge in [0.05, 0.1) is 25.4 Å². The molecule has 1 aliphatic heterocycles. The van der Waals surface area contributed by atoms with Crippen molar-refractivity contribution in [3.05, 3.63) is 72.9 Å². The summed E-state index contributed by atoms with van der Waals surface area (Å²) in [5.41, 5.74) is 0. The minimum Gasteiger partial charge on any atom is -0.394 e. The van der Waals surface area contributed by atoms with Crippen molar-refractivity contribution in [2.75, 3.05) is 13.2 Å². The molecule has 0 aliphatic carbocycles. The molecule has 6 N–H and O–H groups in total. The average molecular weight is 1360 g/mol. The average Bonchev–Trinajstić information content (AvgIpc) is 0.854. The summed E-state index contributed by atoms with van der Waals surface area (Å²) in [6.07, 6.45) is 102. The number of ether oxygens (including phenoxy) is 2. The lowest BCUT2D eigenvalue weighted by Gasteiger charge is -2.40. The van der Waals surface area contributed by atoms with Gasteiger partial charge in [0.2, 0.25) is 5.91 Å². The molecule has 9 nitrogen and oxygen atoms in total. The van der Waals surface area contributed by atoms with Gasteiger partial charge in [0.25, 0.3) is 0 Å². The molecule has 1 saturated heterocycles. The van der Waals surface area contributed by atoms with Gasteiger partial charge in [-0.15, -0.1) is 0 Å². The van der Waals surface area contributed by atoms with Crippen LogP contribution in [0, 0.1) is 0 Å². The highest BCUT2D eigenvalue weighted by atomic mass is 16.7. The minimum atomic E-state index is -1.58. The molecule has 0 aromatic carbocycles. The van der Waals surface area contributed by atoms with E-state index in [0.717, 1.165) is 57.8 Å². The summed E-state index contributed by atoms with van der Waals surface area (Å²) < 4.78 is 11.3. The van der Waals surface area contributed by atoms with Gasteiger partial charge in [0.1, 0.15) is 24.4 Å². The maximum Gasteiger partial charge on any atom is 0.220 e. The number of allylic oxidation sites excluding steroid dienone is 11. The number of hydrogen-bond donors (Lipinski definition) is 6. The monoisotopic (exact) mass is 1360 g/mol. The zero-order valence-corrected chi connectivity index (χ0v) is 64.1. The van der Waals surface area contributed by atoms with E-state index in [1.807, 2.05) is 6.08 Å². The van der Waals surface area contributed by atoms with Crippen LogP contribution in [0.15, 0.2) is 72.9 Å². The molecule has 1 aliphatic rings. The minimum absolute atomic E-state index is 0.183. The Morgan fingerprint density at radius 2 is 0.619 bits per heavy atom. The SMILES string of the molecule is CCCCCCC/C=C\C/C=C\C/C=C\CCCCCCCCCCCCCCCCCCCCCCCCCCCCC(=O)NC(COC1OC(CO)C(O)C(O)C1O)C(O)/C=C/CC/C=C/CC/C=C/CCCCCCCCCCCCCCCCCCCCCCCCC. The molecule has 0 aromatic rings. The molecule has 0 aromatic heterocycles. The van der Waals surface area contributed by atoms with E-state index in [2.05, 4.69) is 79.9 Å². The Kier molecular flexibility index (Phi) is 72.8. The number of unbranched alkanes of at least 4 members (excludes halogenated alkanes) is 56. The zero-order valence-electron chi connectivity index (χ0n) is 64.1. The summed E-state index contributed by atoms with van der Waals surface area (Å²) in [6, 6.07) is -0.832. The third kappa shape index (κ3) is 64.2. The molecule has 568 valence electrons. The fourth-order valence-corrected chi connectivity index (χ4v) is 13.6. The Hall–Kier alpha value is -2.37. The summed E-state index contributed by atoms with van der Waals surface area (Å²) in [6.45, 7) is 3.80. The van der Waals surface area contributed by atoms with E-state index in [0.29, 0.717) is 6.42 Å². The lowest BCUT2D eigenvalue weighted by Crippen LogP contribution is -2.60. The second-order valence-electron chi connectivity index (χ2n) is 29.6. The number of aliphatic hydroxyl groups is 5. The summed E-state index contributed by atoms with van der Waals surface area (Å²) in [4.78, 5) is 13.2. The van der Waals surface area contributed by atoms with E-state index in [-0.39, 0.29) is 12.5 Å². The van der Waals surface area contributed by atoms with Crippen molar-refractivity contribution in [3.8, 4) is 0 Å². The number of hydrogen-bond acceptors (Lipinski definition) is 8. The first-order valence-electron chi connectivity index (χ1n) is 42.7. The second kappa shape index (κ2) is 76.3. The summed E-state index contributed by atoms with van der Waals surface area (Å²) in [5, 5.41) is 54.9. The van der Waals surface area contributed by atoms with Crippen molar-refractivity contribution >= 4 is 5.91 Å². The first-order chi connectivity index (χ1) is 47.8. The third-order valence-electron chi connectivity index (χ3n) is 20.2. The van der Waals surface area contributed by atoms with Gasteiger partial charge in [-0.05, 0) is 83.5 Å². The number of aliphatic hydroxyl groups excluding tert-OH is 5. The number of carbonyl (C=O) groups excluding carboxylic acids is 1. The standard InChI is InChI=1S/C88H163NO8/c1-3-5-7-9-11-13-15-17-19-21-23-25-27-29-31-33-35-37-38-39-40-41-42-43-44-46-48-50-52-54-56-58-60-62-64-66-68-70-72-74-76-78-84(92)89-81(80-96-88-87(95)86(94)85(93)83(79-90)97-88)82(91)77-75-73-71-69-67-65-63-61-59-57-55-53-51-49-47-45-36-34-32-30-28-26-24-22-20-18-16-14-12-10-8-6-4-2/h15,17,21,23,27,29,59,61,67,69,75,77,81-83,85-88,90-91,93-95H,3-14,16,18-20,22,24-26,28,30-58,60,62-66,68,70-74,76,78-80H2,1-2H3,(H,89,92)/b17-15-,23-21-,29-27-,61-59+,69-67+,77-75+. The fourth-order valence-electron chi connectivity index (χ4n) is 13.6. The Morgan fingerprint density at radius 1 is 0.351 bits per heavy atom. The van der Waals surface area contributed by atoms with Crippen LogP contribution in [-0.2, 0) is 14.3 Å². The fraction of sp³-hybridized carbons (Fsp3) is 0.852. The number of amides is 1. The molecular formula is C88H163NO8. The largest absolute Gasteiger partial charge is 0.394 e. The first kappa shape index (κ1) is 92.6. The van der Waals surface area contributed by atoms with Gasteiger partial charge in [-0.1, -0.05) is 408 Å².